The zero-order valence-corrected chi connectivity index (χ0v) is 16.5. The third-order valence-electron chi connectivity index (χ3n) is 4.01. The van der Waals surface area contributed by atoms with Crippen LogP contribution in [0.2, 0.25) is 0 Å². The molecule has 2 aromatic rings. The molecule has 0 heterocycles. The molecule has 0 unspecified atom stereocenters. The maximum absolute atomic E-state index is 12.3. The van der Waals surface area contributed by atoms with Crippen molar-refractivity contribution in [3.05, 3.63) is 71.8 Å². The van der Waals surface area contributed by atoms with Crippen LogP contribution in [0.15, 0.2) is 60.7 Å². The van der Waals surface area contributed by atoms with Gasteiger partial charge in [-0.25, -0.2) is 9.59 Å². The van der Waals surface area contributed by atoms with E-state index < -0.39 is 30.2 Å². The Morgan fingerprint density at radius 1 is 0.931 bits per heavy atom. The van der Waals surface area contributed by atoms with Crippen molar-refractivity contribution in [1.82, 2.24) is 5.32 Å². The summed E-state index contributed by atoms with van der Waals surface area (Å²) in [5.41, 5.74) is 1.59. The lowest BCUT2D eigenvalue weighted by atomic mass is 10.0. The van der Waals surface area contributed by atoms with Crippen LogP contribution in [0.3, 0.4) is 0 Å². The Morgan fingerprint density at radius 2 is 1.55 bits per heavy atom. The number of benzene rings is 2. The molecule has 0 saturated heterocycles. The Morgan fingerprint density at radius 3 is 2.14 bits per heavy atom. The van der Waals surface area contributed by atoms with Gasteiger partial charge in [-0.2, -0.15) is 0 Å². The van der Waals surface area contributed by atoms with Gasteiger partial charge in [0.25, 0.3) is 0 Å². The van der Waals surface area contributed by atoms with E-state index in [0.717, 1.165) is 11.1 Å². The van der Waals surface area contributed by atoms with Crippen molar-refractivity contribution >= 4 is 18.0 Å². The molecule has 154 valence electrons. The molecule has 7 nitrogen and oxygen atoms in total. The number of carbonyl (C=O) groups excluding carboxylic acids is 3. The van der Waals surface area contributed by atoms with E-state index in [2.05, 4.69) is 5.32 Å². The van der Waals surface area contributed by atoms with Crippen LogP contribution in [-0.4, -0.2) is 30.7 Å². The van der Waals surface area contributed by atoms with Crippen molar-refractivity contribution in [2.75, 3.05) is 6.61 Å². The number of ether oxygens (including phenoxy) is 3. The predicted molar refractivity (Wildman–Crippen MR) is 106 cm³/mol. The van der Waals surface area contributed by atoms with Crippen LogP contribution in [0.1, 0.15) is 37.4 Å². The second-order valence-electron chi connectivity index (χ2n) is 6.26. The molecule has 0 aliphatic rings. The summed E-state index contributed by atoms with van der Waals surface area (Å²) < 4.78 is 15.4. The van der Waals surface area contributed by atoms with Crippen molar-refractivity contribution in [2.45, 2.75) is 39.0 Å². The largest absolute Gasteiger partial charge is 0.463 e. The lowest BCUT2D eigenvalue weighted by molar-refractivity contribution is -0.167. The second kappa shape index (κ2) is 11.5. The molecule has 2 rings (SSSR count). The number of esters is 2. The first-order valence-corrected chi connectivity index (χ1v) is 9.35. The zero-order chi connectivity index (χ0) is 21.1. The van der Waals surface area contributed by atoms with Crippen LogP contribution >= 0.6 is 0 Å². The van der Waals surface area contributed by atoms with Crippen molar-refractivity contribution in [3.8, 4) is 0 Å². The normalized spacial score (nSPS) is 12.3. The van der Waals surface area contributed by atoms with Crippen LogP contribution in [0.25, 0.3) is 0 Å². The van der Waals surface area contributed by atoms with Crippen molar-refractivity contribution in [1.29, 1.82) is 0 Å². The second-order valence-corrected chi connectivity index (χ2v) is 6.26. The lowest BCUT2D eigenvalue weighted by Crippen LogP contribution is -2.36. The van der Waals surface area contributed by atoms with E-state index in [1.807, 2.05) is 48.5 Å². The Hall–Kier alpha value is -3.35. The number of rotatable bonds is 9. The number of amides is 1. The monoisotopic (exact) mass is 399 g/mol. The zero-order valence-electron chi connectivity index (χ0n) is 16.5. The molecule has 7 heteroatoms. The van der Waals surface area contributed by atoms with Gasteiger partial charge >= 0.3 is 18.0 Å². The highest BCUT2D eigenvalue weighted by atomic mass is 16.6. The summed E-state index contributed by atoms with van der Waals surface area (Å²) in [7, 11) is 0. The Bertz CT molecular complexity index is 793. The summed E-state index contributed by atoms with van der Waals surface area (Å²) in [5, 5.41) is 2.74. The first-order chi connectivity index (χ1) is 14.0. The molecule has 0 aromatic heterocycles. The Kier molecular flexibility index (Phi) is 8.69. The smallest absolute Gasteiger partial charge is 0.407 e. The number of hydrogen-bond acceptors (Lipinski definition) is 6. The summed E-state index contributed by atoms with van der Waals surface area (Å²) >= 11 is 0. The van der Waals surface area contributed by atoms with Gasteiger partial charge < -0.3 is 19.5 Å². The van der Waals surface area contributed by atoms with E-state index in [1.165, 1.54) is 6.92 Å². The molecule has 29 heavy (non-hydrogen) atoms. The minimum Gasteiger partial charge on any atom is -0.463 e. The molecule has 0 spiro atoms. The van der Waals surface area contributed by atoms with E-state index in [-0.39, 0.29) is 19.6 Å². The molecular weight excluding hydrogens is 374 g/mol. The highest BCUT2D eigenvalue weighted by Crippen LogP contribution is 2.21. The van der Waals surface area contributed by atoms with Gasteiger partial charge in [-0.3, -0.25) is 4.79 Å². The van der Waals surface area contributed by atoms with Crippen LogP contribution in [0.4, 0.5) is 4.79 Å². The van der Waals surface area contributed by atoms with Crippen LogP contribution in [-0.2, 0) is 30.4 Å². The fraction of sp³-hybridized carbons (Fsp3) is 0.318. The summed E-state index contributed by atoms with van der Waals surface area (Å²) in [5.74, 6) is -1.27. The third-order valence-corrected chi connectivity index (χ3v) is 4.01. The SMILES string of the molecule is CCOC(=O)[C@H](C[C@H](NC(=O)OCc1ccccc1)c1ccccc1)OC(C)=O. The number of hydrogen-bond donors (Lipinski definition) is 1. The number of nitrogens with one attached hydrogen (secondary N) is 1. The first-order valence-electron chi connectivity index (χ1n) is 9.35. The predicted octanol–water partition coefficient (Wildman–Crippen LogP) is 3.54. The maximum Gasteiger partial charge on any atom is 0.407 e. The van der Waals surface area contributed by atoms with E-state index >= 15 is 0 Å². The van der Waals surface area contributed by atoms with Gasteiger partial charge in [-0.1, -0.05) is 60.7 Å². The fourth-order valence-electron chi connectivity index (χ4n) is 2.71. The summed E-state index contributed by atoms with van der Waals surface area (Å²) in [6.07, 6.45) is -1.77. The molecule has 0 saturated carbocycles. The maximum atomic E-state index is 12.3. The standard InChI is InChI=1S/C22H25NO6/c1-3-27-21(25)20(29-16(2)24)14-19(18-12-8-5-9-13-18)23-22(26)28-15-17-10-6-4-7-11-17/h4-13,19-20H,3,14-15H2,1-2H3,(H,23,26)/t19-,20-/m0/s1. The molecule has 2 atom stereocenters. The van der Waals surface area contributed by atoms with Gasteiger partial charge in [0, 0.05) is 13.3 Å². The summed E-state index contributed by atoms with van der Waals surface area (Å²) in [6.45, 7) is 3.14. The average Bonchev–Trinajstić information content (AvgIpc) is 2.72. The lowest BCUT2D eigenvalue weighted by Gasteiger charge is -2.23. The number of carbonyl (C=O) groups is 3. The molecule has 2 aromatic carbocycles. The van der Waals surface area contributed by atoms with E-state index in [9.17, 15) is 14.4 Å². The van der Waals surface area contributed by atoms with Crippen molar-refractivity contribution < 1.29 is 28.6 Å². The Balaban J connectivity index is 2.10. The van der Waals surface area contributed by atoms with Gasteiger partial charge in [0.05, 0.1) is 12.6 Å². The average molecular weight is 399 g/mol. The fourth-order valence-corrected chi connectivity index (χ4v) is 2.71. The topological polar surface area (TPSA) is 90.9 Å². The highest BCUT2D eigenvalue weighted by molar-refractivity contribution is 5.78. The van der Waals surface area contributed by atoms with Gasteiger partial charge in [0.15, 0.2) is 0 Å². The van der Waals surface area contributed by atoms with E-state index in [0.29, 0.717) is 0 Å². The first kappa shape index (κ1) is 21.9. The summed E-state index contributed by atoms with van der Waals surface area (Å²) in [6, 6.07) is 17.7. The third kappa shape index (κ3) is 7.65. The molecular formula is C22H25NO6. The van der Waals surface area contributed by atoms with Crippen LogP contribution in [0, 0.1) is 0 Å². The van der Waals surface area contributed by atoms with E-state index in [4.69, 9.17) is 14.2 Å². The number of alkyl carbamates (subject to hydrolysis) is 1. The summed E-state index contributed by atoms with van der Waals surface area (Å²) in [4.78, 5) is 36.0. The molecule has 0 aliphatic heterocycles. The van der Waals surface area contributed by atoms with Gasteiger partial charge in [-0.05, 0) is 18.1 Å². The Labute approximate surface area is 170 Å². The molecule has 1 N–H and O–H groups in total. The minimum atomic E-state index is -1.15. The van der Waals surface area contributed by atoms with Crippen LogP contribution in [0.5, 0.6) is 0 Å². The van der Waals surface area contributed by atoms with Gasteiger partial charge in [-0.15, -0.1) is 0 Å². The quantitative estimate of drug-likeness (QED) is 0.512. The minimum absolute atomic E-state index is 0.0167. The van der Waals surface area contributed by atoms with Gasteiger partial charge in [0.1, 0.15) is 6.61 Å². The molecule has 0 aliphatic carbocycles. The molecule has 0 fully saturated rings. The molecule has 1 amide bonds. The van der Waals surface area contributed by atoms with E-state index in [1.54, 1.807) is 19.1 Å². The molecule has 0 radical (unpaired) electrons. The molecule has 0 bridgehead atoms. The van der Waals surface area contributed by atoms with Crippen LogP contribution < -0.4 is 5.32 Å². The highest BCUT2D eigenvalue weighted by Gasteiger charge is 2.29. The van der Waals surface area contributed by atoms with Gasteiger partial charge in [0.2, 0.25) is 6.10 Å². The van der Waals surface area contributed by atoms with Crippen molar-refractivity contribution in [3.63, 3.8) is 0 Å². The van der Waals surface area contributed by atoms with Crippen molar-refractivity contribution in [2.24, 2.45) is 0 Å².